The summed E-state index contributed by atoms with van der Waals surface area (Å²) in [5.41, 5.74) is 6.14. The average molecular weight is 187 g/mol. The van der Waals surface area contributed by atoms with Gasteiger partial charge >= 0.3 is 0 Å². The summed E-state index contributed by atoms with van der Waals surface area (Å²) in [5.74, 6) is 0. The Hall–Kier alpha value is -1.29. The highest BCUT2D eigenvalue weighted by Gasteiger charge is 2.17. The Balaban J connectivity index is 3.43. The fourth-order valence-electron chi connectivity index (χ4n) is 0.907. The van der Waals surface area contributed by atoms with Crippen LogP contribution in [0.2, 0.25) is 5.02 Å². The van der Waals surface area contributed by atoms with Crippen molar-refractivity contribution in [1.29, 1.82) is 0 Å². The van der Waals surface area contributed by atoms with E-state index in [1.807, 2.05) is 0 Å². The summed E-state index contributed by atoms with van der Waals surface area (Å²) >= 11 is 5.60. The van der Waals surface area contributed by atoms with Crippen LogP contribution >= 0.6 is 11.6 Å². The van der Waals surface area contributed by atoms with Crippen LogP contribution in [0.3, 0.4) is 0 Å². The summed E-state index contributed by atoms with van der Waals surface area (Å²) in [6, 6.07) is 2.96. The first kappa shape index (κ1) is 8.80. The first-order chi connectivity index (χ1) is 5.54. The number of nitrogens with two attached hydrogens (primary N) is 1. The molecule has 0 atom stereocenters. The molecule has 0 radical (unpaired) electrons. The van der Waals surface area contributed by atoms with Crippen LogP contribution in [-0.4, -0.2) is 4.92 Å². The molecule has 1 aromatic rings. The Morgan fingerprint density at radius 1 is 1.58 bits per heavy atom. The molecular weight excluding hydrogens is 180 g/mol. The van der Waals surface area contributed by atoms with E-state index in [1.54, 1.807) is 13.0 Å². The van der Waals surface area contributed by atoms with Crippen LogP contribution in [-0.2, 0) is 0 Å². The van der Waals surface area contributed by atoms with Crippen molar-refractivity contribution in [2.45, 2.75) is 6.92 Å². The molecule has 1 aromatic carbocycles. The lowest BCUT2D eigenvalue weighted by Crippen LogP contribution is -1.97. The second kappa shape index (κ2) is 2.98. The molecule has 0 aliphatic rings. The van der Waals surface area contributed by atoms with E-state index in [9.17, 15) is 10.1 Å². The molecule has 2 N–H and O–H groups in total. The molecule has 4 nitrogen and oxygen atoms in total. The number of nitrogen functional groups attached to an aromatic ring is 1. The summed E-state index contributed by atoms with van der Waals surface area (Å²) in [6.07, 6.45) is 0. The standard InChI is InChI=1S/C7H7ClN2O2/c1-4-6(9)3-2-5(8)7(4)10(11)12/h2-3H,9H2,1H3. The van der Waals surface area contributed by atoms with Gasteiger partial charge in [0.05, 0.1) is 10.5 Å². The number of benzene rings is 1. The molecule has 12 heavy (non-hydrogen) atoms. The zero-order valence-electron chi connectivity index (χ0n) is 6.37. The largest absolute Gasteiger partial charge is 0.398 e. The zero-order valence-corrected chi connectivity index (χ0v) is 7.13. The van der Waals surface area contributed by atoms with Crippen molar-refractivity contribution in [3.63, 3.8) is 0 Å². The van der Waals surface area contributed by atoms with Crippen LogP contribution in [0.1, 0.15) is 5.56 Å². The van der Waals surface area contributed by atoms with Crippen molar-refractivity contribution in [3.05, 3.63) is 32.8 Å². The first-order valence-corrected chi connectivity index (χ1v) is 3.61. The normalized spacial score (nSPS) is 9.83. The number of nitrogens with zero attached hydrogens (tertiary/aromatic N) is 1. The zero-order chi connectivity index (χ0) is 9.30. The van der Waals surface area contributed by atoms with Gasteiger partial charge in [0.1, 0.15) is 5.02 Å². The van der Waals surface area contributed by atoms with E-state index in [0.29, 0.717) is 11.3 Å². The number of halogens is 1. The van der Waals surface area contributed by atoms with Gasteiger partial charge in [-0.2, -0.15) is 0 Å². The number of hydrogen-bond donors (Lipinski definition) is 1. The maximum absolute atomic E-state index is 10.5. The molecule has 0 unspecified atom stereocenters. The van der Waals surface area contributed by atoms with E-state index in [0.717, 1.165) is 0 Å². The minimum Gasteiger partial charge on any atom is -0.398 e. The Bertz CT molecular complexity index is 338. The van der Waals surface area contributed by atoms with Crippen molar-refractivity contribution in [1.82, 2.24) is 0 Å². The lowest BCUT2D eigenvalue weighted by molar-refractivity contribution is -0.385. The van der Waals surface area contributed by atoms with Gasteiger partial charge in [-0.3, -0.25) is 10.1 Å². The van der Waals surface area contributed by atoms with Crippen LogP contribution in [0.15, 0.2) is 12.1 Å². The van der Waals surface area contributed by atoms with Crippen molar-refractivity contribution in [2.24, 2.45) is 0 Å². The van der Waals surface area contributed by atoms with Gasteiger partial charge in [0.2, 0.25) is 0 Å². The van der Waals surface area contributed by atoms with Gasteiger partial charge in [0.15, 0.2) is 0 Å². The lowest BCUT2D eigenvalue weighted by Gasteiger charge is -2.01. The molecule has 0 fully saturated rings. The summed E-state index contributed by atoms with van der Waals surface area (Å²) in [5, 5.41) is 10.6. The quantitative estimate of drug-likeness (QED) is 0.415. The van der Waals surface area contributed by atoms with Gasteiger partial charge in [-0.05, 0) is 19.1 Å². The molecule has 0 heterocycles. The van der Waals surface area contributed by atoms with Gasteiger partial charge in [-0.25, -0.2) is 0 Å². The van der Waals surface area contributed by atoms with Gasteiger partial charge in [-0.1, -0.05) is 11.6 Å². The average Bonchev–Trinajstić information content (AvgIpc) is 1.97. The van der Waals surface area contributed by atoms with Crippen molar-refractivity contribution in [2.75, 3.05) is 5.73 Å². The first-order valence-electron chi connectivity index (χ1n) is 3.23. The topological polar surface area (TPSA) is 69.2 Å². The highest BCUT2D eigenvalue weighted by molar-refractivity contribution is 6.32. The van der Waals surface area contributed by atoms with Crippen LogP contribution in [0, 0.1) is 17.0 Å². The molecule has 0 aliphatic carbocycles. The molecular formula is C7H7ClN2O2. The predicted molar refractivity (Wildman–Crippen MR) is 47.3 cm³/mol. The second-order valence-corrected chi connectivity index (χ2v) is 2.77. The number of rotatable bonds is 1. The number of nitro groups is 1. The SMILES string of the molecule is Cc1c(N)ccc(Cl)c1[N+](=O)[O-]. The number of anilines is 1. The third-order valence-corrected chi connectivity index (χ3v) is 1.91. The van der Waals surface area contributed by atoms with E-state index >= 15 is 0 Å². The van der Waals surface area contributed by atoms with Crippen LogP contribution < -0.4 is 5.73 Å². The van der Waals surface area contributed by atoms with Crippen molar-refractivity contribution in [3.8, 4) is 0 Å². The fourth-order valence-corrected chi connectivity index (χ4v) is 1.18. The highest BCUT2D eigenvalue weighted by Crippen LogP contribution is 2.31. The molecule has 0 aliphatic heterocycles. The van der Waals surface area contributed by atoms with E-state index in [2.05, 4.69) is 0 Å². The van der Waals surface area contributed by atoms with Crippen LogP contribution in [0.25, 0.3) is 0 Å². The molecule has 0 saturated carbocycles. The minimum absolute atomic E-state index is 0.114. The monoisotopic (exact) mass is 186 g/mol. The van der Waals surface area contributed by atoms with Crippen LogP contribution in [0.4, 0.5) is 11.4 Å². The highest BCUT2D eigenvalue weighted by atomic mass is 35.5. The molecule has 0 aromatic heterocycles. The van der Waals surface area contributed by atoms with Gasteiger partial charge in [0, 0.05) is 5.69 Å². The molecule has 0 amide bonds. The smallest absolute Gasteiger partial charge is 0.292 e. The summed E-state index contributed by atoms with van der Waals surface area (Å²) in [6.45, 7) is 1.57. The Kier molecular flexibility index (Phi) is 2.19. The Morgan fingerprint density at radius 3 is 2.58 bits per heavy atom. The number of hydrogen-bond acceptors (Lipinski definition) is 3. The third kappa shape index (κ3) is 1.33. The summed E-state index contributed by atoms with van der Waals surface area (Å²) in [7, 11) is 0. The summed E-state index contributed by atoms with van der Waals surface area (Å²) in [4.78, 5) is 9.93. The van der Waals surface area contributed by atoms with Crippen molar-refractivity contribution < 1.29 is 4.92 Å². The molecule has 0 saturated heterocycles. The van der Waals surface area contributed by atoms with E-state index in [1.165, 1.54) is 6.07 Å². The van der Waals surface area contributed by atoms with E-state index in [4.69, 9.17) is 17.3 Å². The maximum Gasteiger partial charge on any atom is 0.292 e. The maximum atomic E-state index is 10.5. The van der Waals surface area contributed by atoms with Gasteiger partial charge in [0.25, 0.3) is 5.69 Å². The van der Waals surface area contributed by atoms with Crippen LogP contribution in [0.5, 0.6) is 0 Å². The molecule has 0 bridgehead atoms. The Morgan fingerprint density at radius 2 is 2.17 bits per heavy atom. The third-order valence-electron chi connectivity index (χ3n) is 1.61. The lowest BCUT2D eigenvalue weighted by atomic mass is 10.1. The molecule has 64 valence electrons. The second-order valence-electron chi connectivity index (χ2n) is 2.37. The predicted octanol–water partition coefficient (Wildman–Crippen LogP) is 2.14. The van der Waals surface area contributed by atoms with Gasteiger partial charge in [-0.15, -0.1) is 0 Å². The minimum atomic E-state index is -0.534. The fraction of sp³-hybridized carbons (Fsp3) is 0.143. The van der Waals surface area contributed by atoms with Gasteiger partial charge < -0.3 is 5.73 Å². The molecule has 5 heteroatoms. The number of nitro benzene ring substituents is 1. The molecule has 0 spiro atoms. The van der Waals surface area contributed by atoms with E-state index < -0.39 is 4.92 Å². The van der Waals surface area contributed by atoms with E-state index in [-0.39, 0.29) is 10.7 Å². The molecule has 1 rings (SSSR count). The van der Waals surface area contributed by atoms with Crippen molar-refractivity contribution >= 4 is 23.0 Å². The summed E-state index contributed by atoms with van der Waals surface area (Å²) < 4.78 is 0. The Labute approximate surface area is 74.1 Å².